The summed E-state index contributed by atoms with van der Waals surface area (Å²) in [4.78, 5) is 26.8. The lowest BCUT2D eigenvalue weighted by molar-refractivity contribution is -0.114. The quantitative estimate of drug-likeness (QED) is 0.691. The van der Waals surface area contributed by atoms with Crippen LogP contribution in [-0.4, -0.2) is 71.3 Å². The normalized spacial score (nSPS) is 14.1. The molecule has 9 nitrogen and oxygen atoms in total. The van der Waals surface area contributed by atoms with Crippen LogP contribution in [0.15, 0.2) is 48.5 Å². The summed E-state index contributed by atoms with van der Waals surface area (Å²) in [7, 11) is -2.27. The van der Waals surface area contributed by atoms with Gasteiger partial charge in [-0.3, -0.25) is 13.9 Å². The van der Waals surface area contributed by atoms with Crippen LogP contribution in [0, 0.1) is 0 Å². The van der Waals surface area contributed by atoms with E-state index in [0.29, 0.717) is 43.3 Å². The van der Waals surface area contributed by atoms with Gasteiger partial charge in [0.25, 0.3) is 5.91 Å². The number of hydrogen-bond donors (Lipinski definition) is 1. The topological polar surface area (TPSA) is 105 Å². The fourth-order valence-electron chi connectivity index (χ4n) is 3.19. The molecule has 0 unspecified atom stereocenters. The van der Waals surface area contributed by atoms with Gasteiger partial charge in [0, 0.05) is 18.7 Å². The van der Waals surface area contributed by atoms with Crippen molar-refractivity contribution in [2.45, 2.75) is 0 Å². The van der Waals surface area contributed by atoms with Gasteiger partial charge in [-0.05, 0) is 36.4 Å². The van der Waals surface area contributed by atoms with Gasteiger partial charge in [-0.2, -0.15) is 0 Å². The molecule has 166 valence electrons. The van der Waals surface area contributed by atoms with E-state index in [4.69, 9.17) is 9.47 Å². The second kappa shape index (κ2) is 9.80. The highest BCUT2D eigenvalue weighted by atomic mass is 32.2. The highest BCUT2D eigenvalue weighted by Gasteiger charge is 2.23. The molecule has 0 atom stereocenters. The van der Waals surface area contributed by atoms with Crippen molar-refractivity contribution in [1.82, 2.24) is 4.90 Å². The number of benzene rings is 2. The number of methoxy groups -OCH3 is 1. The lowest BCUT2D eigenvalue weighted by atomic mass is 10.1. The summed E-state index contributed by atoms with van der Waals surface area (Å²) in [6, 6.07) is 13.0. The minimum atomic E-state index is -3.75. The number of morpholine rings is 1. The number of ether oxygens (including phenoxy) is 2. The molecule has 0 aromatic heterocycles. The fourth-order valence-corrected chi connectivity index (χ4v) is 4.04. The molecule has 2 aromatic carbocycles. The number of nitrogens with one attached hydrogen (secondary N) is 1. The lowest BCUT2D eigenvalue weighted by Crippen LogP contribution is -2.40. The van der Waals surface area contributed by atoms with Crippen LogP contribution in [0.25, 0.3) is 0 Å². The molecule has 31 heavy (non-hydrogen) atoms. The molecule has 2 aromatic rings. The maximum Gasteiger partial charge on any atom is 0.254 e. The monoisotopic (exact) mass is 447 g/mol. The van der Waals surface area contributed by atoms with Crippen LogP contribution >= 0.6 is 0 Å². The molecule has 1 fully saturated rings. The number of rotatable bonds is 7. The Hall–Kier alpha value is -3.11. The number of nitrogens with zero attached hydrogens (tertiary/aromatic N) is 2. The first-order valence-corrected chi connectivity index (χ1v) is 11.5. The maximum atomic E-state index is 12.6. The van der Waals surface area contributed by atoms with Gasteiger partial charge in [0.2, 0.25) is 15.9 Å². The van der Waals surface area contributed by atoms with E-state index in [1.54, 1.807) is 41.3 Å². The van der Waals surface area contributed by atoms with E-state index in [9.17, 15) is 18.0 Å². The number of hydrogen-bond acceptors (Lipinski definition) is 6. The van der Waals surface area contributed by atoms with Crippen LogP contribution in [0.3, 0.4) is 0 Å². The van der Waals surface area contributed by atoms with E-state index in [1.807, 2.05) is 0 Å². The molecular formula is C21H25N3O6S. The minimum Gasteiger partial charge on any atom is -0.495 e. The summed E-state index contributed by atoms with van der Waals surface area (Å²) in [6.07, 6.45) is 1.02. The summed E-state index contributed by atoms with van der Waals surface area (Å²) >= 11 is 0. The van der Waals surface area contributed by atoms with Gasteiger partial charge in [0.15, 0.2) is 0 Å². The van der Waals surface area contributed by atoms with Gasteiger partial charge in [-0.25, -0.2) is 8.42 Å². The summed E-state index contributed by atoms with van der Waals surface area (Å²) in [5.74, 6) is -0.203. The number of carbonyl (C=O) groups is 2. The Morgan fingerprint density at radius 2 is 1.74 bits per heavy atom. The van der Waals surface area contributed by atoms with Crippen molar-refractivity contribution < 1.29 is 27.5 Å². The summed E-state index contributed by atoms with van der Waals surface area (Å²) < 4.78 is 36.1. The van der Waals surface area contributed by atoms with Crippen molar-refractivity contribution >= 4 is 33.2 Å². The van der Waals surface area contributed by atoms with Crippen molar-refractivity contribution in [3.8, 4) is 5.75 Å². The van der Waals surface area contributed by atoms with Crippen LogP contribution < -0.4 is 14.4 Å². The average molecular weight is 448 g/mol. The third-order valence-corrected chi connectivity index (χ3v) is 5.91. The molecule has 0 spiro atoms. The van der Waals surface area contributed by atoms with E-state index in [1.165, 1.54) is 19.2 Å². The Labute approximate surface area is 181 Å². The zero-order chi connectivity index (χ0) is 22.4. The smallest absolute Gasteiger partial charge is 0.254 e. The predicted octanol–water partition coefficient (Wildman–Crippen LogP) is 1.57. The molecule has 1 aliphatic rings. The van der Waals surface area contributed by atoms with Crippen LogP contribution in [-0.2, 0) is 19.6 Å². The molecule has 1 saturated heterocycles. The Morgan fingerprint density at radius 1 is 1.10 bits per heavy atom. The van der Waals surface area contributed by atoms with Gasteiger partial charge in [-0.15, -0.1) is 0 Å². The number of sulfonamides is 1. The largest absolute Gasteiger partial charge is 0.495 e. The highest BCUT2D eigenvalue weighted by Crippen LogP contribution is 2.24. The van der Waals surface area contributed by atoms with Crippen LogP contribution in [0.1, 0.15) is 10.4 Å². The van der Waals surface area contributed by atoms with E-state index < -0.39 is 22.5 Å². The van der Waals surface area contributed by atoms with E-state index >= 15 is 0 Å². The molecule has 1 N–H and O–H groups in total. The van der Waals surface area contributed by atoms with Crippen molar-refractivity contribution in [2.24, 2.45) is 0 Å². The van der Waals surface area contributed by atoms with Gasteiger partial charge in [-0.1, -0.05) is 12.1 Å². The van der Waals surface area contributed by atoms with Crippen LogP contribution in [0.2, 0.25) is 0 Å². The predicted molar refractivity (Wildman–Crippen MR) is 117 cm³/mol. The van der Waals surface area contributed by atoms with E-state index in [0.717, 1.165) is 10.6 Å². The first kappa shape index (κ1) is 22.6. The molecular weight excluding hydrogens is 422 g/mol. The lowest BCUT2D eigenvalue weighted by Gasteiger charge is -2.27. The molecule has 2 amide bonds. The Kier molecular flexibility index (Phi) is 7.13. The second-order valence-electron chi connectivity index (χ2n) is 6.97. The van der Waals surface area contributed by atoms with Crippen molar-refractivity contribution in [3.63, 3.8) is 0 Å². The third kappa shape index (κ3) is 5.74. The highest BCUT2D eigenvalue weighted by molar-refractivity contribution is 7.92. The van der Waals surface area contributed by atoms with Crippen LogP contribution in [0.5, 0.6) is 5.75 Å². The maximum absolute atomic E-state index is 12.6. The number of anilines is 2. The first-order valence-electron chi connectivity index (χ1n) is 9.67. The van der Waals surface area contributed by atoms with Gasteiger partial charge in [0.1, 0.15) is 12.3 Å². The van der Waals surface area contributed by atoms with E-state index in [2.05, 4.69) is 5.32 Å². The van der Waals surface area contributed by atoms with Gasteiger partial charge >= 0.3 is 0 Å². The Morgan fingerprint density at radius 3 is 2.35 bits per heavy atom. The first-order chi connectivity index (χ1) is 14.8. The molecule has 0 radical (unpaired) electrons. The van der Waals surface area contributed by atoms with Gasteiger partial charge in [0.05, 0.1) is 38.0 Å². The second-order valence-corrected chi connectivity index (χ2v) is 8.88. The van der Waals surface area contributed by atoms with Crippen LogP contribution in [0.4, 0.5) is 11.4 Å². The summed E-state index contributed by atoms with van der Waals surface area (Å²) in [5, 5.41) is 2.66. The molecule has 3 rings (SSSR count). The van der Waals surface area contributed by atoms with Crippen molar-refractivity contribution in [1.29, 1.82) is 0 Å². The van der Waals surface area contributed by atoms with E-state index in [-0.39, 0.29) is 11.6 Å². The van der Waals surface area contributed by atoms with Crippen molar-refractivity contribution in [3.05, 3.63) is 54.1 Å². The average Bonchev–Trinajstić information content (AvgIpc) is 2.77. The molecule has 0 saturated carbocycles. The summed E-state index contributed by atoms with van der Waals surface area (Å²) in [6.45, 7) is 1.59. The molecule has 10 heteroatoms. The third-order valence-electron chi connectivity index (χ3n) is 4.77. The molecule has 0 bridgehead atoms. The fraction of sp³-hybridized carbons (Fsp3) is 0.333. The SMILES string of the molecule is COc1ccccc1NC(=O)CN(c1ccc(C(=O)N2CCOCC2)cc1)S(C)(=O)=O. The molecule has 1 aliphatic heterocycles. The number of para-hydroxylation sites is 2. The number of carbonyl (C=O) groups excluding carboxylic acids is 2. The zero-order valence-corrected chi connectivity index (χ0v) is 18.2. The molecule has 1 heterocycles. The summed E-state index contributed by atoms with van der Waals surface area (Å²) in [5.41, 5.74) is 1.17. The molecule has 0 aliphatic carbocycles. The standard InChI is InChI=1S/C21H25N3O6S/c1-29-19-6-4-3-5-18(19)22-20(25)15-24(31(2,27)28)17-9-7-16(8-10-17)21(26)23-11-13-30-14-12-23/h3-10H,11-15H2,1-2H3,(H,22,25). The Balaban J connectivity index is 1.75. The minimum absolute atomic E-state index is 0.144. The van der Waals surface area contributed by atoms with Gasteiger partial charge < -0.3 is 19.7 Å². The number of amides is 2. The zero-order valence-electron chi connectivity index (χ0n) is 17.4. The Bertz CT molecular complexity index is 1030. The van der Waals surface area contributed by atoms with Crippen molar-refractivity contribution in [2.75, 3.05) is 55.8 Å².